The molecule has 4 rings (SSSR count). The molecule has 1 saturated heterocycles. The zero-order valence-electron chi connectivity index (χ0n) is 20.1. The number of hydrogen-bond donors (Lipinski definition) is 0. The minimum absolute atomic E-state index is 0.116. The summed E-state index contributed by atoms with van der Waals surface area (Å²) < 4.78 is 5.05. The largest absolute Gasteiger partial charge is 0.372 e. The van der Waals surface area contributed by atoms with Gasteiger partial charge in [-0.2, -0.15) is 0 Å². The Morgan fingerprint density at radius 3 is 2.11 bits per heavy atom. The number of nitro groups is 1. The van der Waals surface area contributed by atoms with Crippen LogP contribution in [0.25, 0.3) is 0 Å². The number of carbonyl (C=O) groups is 3. The Bertz CT molecular complexity index is 1340. The van der Waals surface area contributed by atoms with E-state index in [1.54, 1.807) is 60.0 Å². The Morgan fingerprint density at radius 2 is 1.56 bits per heavy atom. The molecule has 2 amide bonds. The smallest absolute Gasteiger partial charge is 0.293 e. The Labute approximate surface area is 207 Å². The molecule has 1 fully saturated rings. The number of ketones is 1. The van der Waals surface area contributed by atoms with Gasteiger partial charge in [0.15, 0.2) is 5.78 Å². The van der Waals surface area contributed by atoms with Crippen LogP contribution >= 0.6 is 0 Å². The van der Waals surface area contributed by atoms with Crippen LogP contribution in [0.3, 0.4) is 0 Å². The van der Waals surface area contributed by atoms with E-state index in [9.17, 15) is 24.5 Å². The third-order valence-electron chi connectivity index (χ3n) is 6.01. The first-order chi connectivity index (χ1) is 17.2. The fraction of sp³-hybridized carbons (Fsp3) is 0.280. The van der Waals surface area contributed by atoms with Gasteiger partial charge in [-0.25, -0.2) is 0 Å². The summed E-state index contributed by atoms with van der Waals surface area (Å²) in [6.07, 6.45) is 0. The van der Waals surface area contributed by atoms with Crippen molar-refractivity contribution in [3.05, 3.63) is 86.8 Å². The van der Waals surface area contributed by atoms with E-state index in [0.29, 0.717) is 24.5 Å². The molecule has 1 aliphatic rings. The maximum absolute atomic E-state index is 13.4. The number of carbonyl (C=O) groups excluding carboxylic acids is 3. The number of nitro benzene ring substituents is 1. The number of benzene rings is 2. The van der Waals surface area contributed by atoms with E-state index in [-0.39, 0.29) is 53.0 Å². The van der Waals surface area contributed by atoms with Gasteiger partial charge >= 0.3 is 0 Å². The molecule has 0 radical (unpaired) electrons. The van der Waals surface area contributed by atoms with E-state index in [2.05, 4.69) is 5.16 Å². The highest BCUT2D eigenvalue weighted by molar-refractivity contribution is 6.15. The molecule has 0 spiro atoms. The lowest BCUT2D eigenvalue weighted by atomic mass is 9.96. The number of amides is 2. The lowest BCUT2D eigenvalue weighted by Gasteiger charge is -2.34. The minimum atomic E-state index is -0.538. The first-order valence-corrected chi connectivity index (χ1v) is 11.3. The van der Waals surface area contributed by atoms with Gasteiger partial charge in [0.05, 0.1) is 16.2 Å². The van der Waals surface area contributed by atoms with E-state index in [4.69, 9.17) is 4.52 Å². The third-order valence-corrected chi connectivity index (χ3v) is 6.01. The molecule has 0 saturated carbocycles. The van der Waals surface area contributed by atoms with Crippen molar-refractivity contribution in [2.24, 2.45) is 0 Å². The van der Waals surface area contributed by atoms with Crippen molar-refractivity contribution < 1.29 is 23.8 Å². The fourth-order valence-corrected chi connectivity index (χ4v) is 4.12. The summed E-state index contributed by atoms with van der Waals surface area (Å²) in [6, 6.07) is 12.2. The normalized spacial score (nSPS) is 13.4. The highest BCUT2D eigenvalue weighted by Gasteiger charge is 2.29. The number of nitrogens with zero attached hydrogens (tertiary/aromatic N) is 5. The van der Waals surface area contributed by atoms with Crippen molar-refractivity contribution in [2.75, 3.05) is 45.2 Å². The van der Waals surface area contributed by atoms with Crippen LogP contribution in [0.1, 0.15) is 42.5 Å². The number of anilines is 1. The quantitative estimate of drug-likeness (QED) is 0.292. The van der Waals surface area contributed by atoms with Crippen LogP contribution in [0.2, 0.25) is 0 Å². The molecule has 11 nitrogen and oxygen atoms in total. The molecule has 0 atom stereocenters. The van der Waals surface area contributed by atoms with Crippen LogP contribution in [0.4, 0.5) is 11.4 Å². The van der Waals surface area contributed by atoms with Gasteiger partial charge in [0.2, 0.25) is 5.76 Å². The van der Waals surface area contributed by atoms with Gasteiger partial charge in [-0.05, 0) is 25.1 Å². The molecule has 2 heterocycles. The Kier molecular flexibility index (Phi) is 6.82. The van der Waals surface area contributed by atoms with E-state index >= 15 is 0 Å². The number of hydrogen-bond acceptors (Lipinski definition) is 8. The molecule has 0 unspecified atom stereocenters. The summed E-state index contributed by atoms with van der Waals surface area (Å²) in [4.78, 5) is 55.1. The van der Waals surface area contributed by atoms with Crippen molar-refractivity contribution in [1.82, 2.24) is 15.0 Å². The average Bonchev–Trinajstić information content (AvgIpc) is 3.33. The summed E-state index contributed by atoms with van der Waals surface area (Å²) in [6.45, 7) is 2.90. The highest BCUT2D eigenvalue weighted by Crippen LogP contribution is 2.29. The summed E-state index contributed by atoms with van der Waals surface area (Å²) in [5, 5.41) is 15.3. The molecule has 186 valence electrons. The van der Waals surface area contributed by atoms with E-state index in [1.165, 1.54) is 24.3 Å². The second kappa shape index (κ2) is 9.98. The van der Waals surface area contributed by atoms with Crippen molar-refractivity contribution in [3.63, 3.8) is 0 Å². The second-order valence-electron chi connectivity index (χ2n) is 8.65. The van der Waals surface area contributed by atoms with Gasteiger partial charge in [0.1, 0.15) is 5.69 Å². The Hall–Kier alpha value is -4.54. The van der Waals surface area contributed by atoms with Crippen molar-refractivity contribution >= 4 is 29.0 Å². The molecule has 0 bridgehead atoms. The van der Waals surface area contributed by atoms with Crippen LogP contribution in [-0.2, 0) is 0 Å². The summed E-state index contributed by atoms with van der Waals surface area (Å²) >= 11 is 0. The van der Waals surface area contributed by atoms with Gasteiger partial charge in [-0.1, -0.05) is 23.4 Å². The predicted molar refractivity (Wildman–Crippen MR) is 130 cm³/mol. The number of rotatable bonds is 6. The molecule has 3 aromatic rings. The van der Waals surface area contributed by atoms with Crippen molar-refractivity contribution in [3.8, 4) is 0 Å². The zero-order valence-corrected chi connectivity index (χ0v) is 20.1. The fourth-order valence-electron chi connectivity index (χ4n) is 4.12. The van der Waals surface area contributed by atoms with Crippen LogP contribution in [-0.4, -0.2) is 77.8 Å². The highest BCUT2D eigenvalue weighted by atomic mass is 16.6. The van der Waals surface area contributed by atoms with Crippen LogP contribution < -0.4 is 4.90 Å². The number of aromatic nitrogens is 1. The molecule has 0 aliphatic carbocycles. The summed E-state index contributed by atoms with van der Waals surface area (Å²) in [5.74, 6) is -0.971. The summed E-state index contributed by atoms with van der Waals surface area (Å²) in [7, 11) is 3.36. The maximum Gasteiger partial charge on any atom is 0.293 e. The molecule has 11 heteroatoms. The van der Waals surface area contributed by atoms with E-state index < -0.39 is 10.7 Å². The molecular weight excluding hydrogens is 466 g/mol. The zero-order chi connectivity index (χ0) is 26.0. The van der Waals surface area contributed by atoms with Crippen LogP contribution in [0, 0.1) is 17.0 Å². The lowest BCUT2D eigenvalue weighted by molar-refractivity contribution is -0.384. The standard InChI is InChI=1S/C25H25N5O6/c1-16-14-22(36-26-16)25(33)29-12-10-28(11-13-29)24(32)19-7-5-4-6-18(19)23(31)17-8-9-20(27(2)3)21(15-17)30(34)35/h4-9,14-15H,10-13H2,1-3H3. The third kappa shape index (κ3) is 4.81. The number of piperazine rings is 1. The molecule has 36 heavy (non-hydrogen) atoms. The molecule has 1 aromatic heterocycles. The SMILES string of the molecule is Cc1cc(C(=O)N2CCN(C(=O)c3ccccc3C(=O)c3ccc(N(C)C)c([N+](=O)[O-])c3)CC2)on1. The van der Waals surface area contributed by atoms with Gasteiger partial charge < -0.3 is 19.2 Å². The first-order valence-electron chi connectivity index (χ1n) is 11.3. The Morgan fingerprint density at radius 1 is 0.944 bits per heavy atom. The van der Waals surface area contributed by atoms with Crippen molar-refractivity contribution in [1.29, 1.82) is 0 Å². The topological polar surface area (TPSA) is 130 Å². The lowest BCUT2D eigenvalue weighted by Crippen LogP contribution is -2.50. The van der Waals surface area contributed by atoms with Gasteiger partial charge in [-0.15, -0.1) is 0 Å². The van der Waals surface area contributed by atoms with Crippen molar-refractivity contribution in [2.45, 2.75) is 6.92 Å². The predicted octanol–water partition coefficient (Wildman–Crippen LogP) is 2.79. The van der Waals surface area contributed by atoms with Gasteiger partial charge in [0, 0.05) is 63.5 Å². The minimum Gasteiger partial charge on any atom is -0.372 e. The average molecular weight is 492 g/mol. The molecular formula is C25H25N5O6. The molecule has 2 aromatic carbocycles. The Balaban J connectivity index is 1.53. The second-order valence-corrected chi connectivity index (χ2v) is 8.65. The van der Waals surface area contributed by atoms with Crippen LogP contribution in [0.5, 0.6) is 0 Å². The monoisotopic (exact) mass is 491 g/mol. The van der Waals surface area contributed by atoms with Crippen LogP contribution in [0.15, 0.2) is 53.1 Å². The maximum atomic E-state index is 13.4. The molecule has 1 aliphatic heterocycles. The number of aryl methyl sites for hydroxylation is 1. The van der Waals surface area contributed by atoms with E-state index in [0.717, 1.165) is 0 Å². The van der Waals surface area contributed by atoms with E-state index in [1.807, 2.05) is 0 Å². The first kappa shape index (κ1) is 24.6. The summed E-state index contributed by atoms with van der Waals surface area (Å²) in [5.41, 5.74) is 1.25. The van der Waals surface area contributed by atoms with Gasteiger partial charge in [0.25, 0.3) is 17.5 Å². The van der Waals surface area contributed by atoms with Gasteiger partial charge in [-0.3, -0.25) is 24.5 Å². The molecule has 0 N–H and O–H groups in total.